The molecule has 1 aromatic carbocycles. The summed E-state index contributed by atoms with van der Waals surface area (Å²) in [4.78, 5) is 29.2. The van der Waals surface area contributed by atoms with Crippen molar-refractivity contribution in [1.29, 1.82) is 0 Å². The van der Waals surface area contributed by atoms with E-state index in [0.29, 0.717) is 18.7 Å². The van der Waals surface area contributed by atoms with Crippen molar-refractivity contribution in [2.45, 2.75) is 13.3 Å². The van der Waals surface area contributed by atoms with Gasteiger partial charge in [-0.3, -0.25) is 4.79 Å². The van der Waals surface area contributed by atoms with Gasteiger partial charge in [0.2, 0.25) is 0 Å². The maximum absolute atomic E-state index is 12.2. The van der Waals surface area contributed by atoms with Crippen molar-refractivity contribution in [1.82, 2.24) is 9.88 Å². The van der Waals surface area contributed by atoms with Crippen LogP contribution in [-0.2, 0) is 4.79 Å². The number of carbonyl (C=O) groups is 2. The molecular formula is C14H15N3O3S. The molecule has 2 aromatic rings. The molecule has 110 valence electrons. The van der Waals surface area contributed by atoms with Gasteiger partial charge in [-0.05, 0) is 31.5 Å². The monoisotopic (exact) mass is 305 g/mol. The maximum Gasteiger partial charge on any atom is 0.321 e. The highest BCUT2D eigenvalue weighted by Crippen LogP contribution is 2.30. The Bertz CT molecular complexity index is 714. The van der Waals surface area contributed by atoms with Crippen LogP contribution in [0.5, 0.6) is 0 Å². The van der Waals surface area contributed by atoms with Gasteiger partial charge in [0.25, 0.3) is 0 Å². The number of hydrogen-bond acceptors (Lipinski definition) is 4. The Morgan fingerprint density at radius 2 is 2.29 bits per heavy atom. The Labute approximate surface area is 125 Å². The zero-order chi connectivity index (χ0) is 15.0. The number of rotatable bonds is 2. The fraction of sp³-hybridized carbons (Fsp3) is 0.357. The molecule has 2 amide bonds. The summed E-state index contributed by atoms with van der Waals surface area (Å²) in [6.45, 7) is 2.35. The van der Waals surface area contributed by atoms with Gasteiger partial charge in [-0.1, -0.05) is 0 Å². The Kier molecular flexibility index (Phi) is 3.29. The number of aromatic nitrogens is 1. The molecule has 1 aliphatic rings. The standard InChI is InChI=1S/C14H15N3O3S/c1-14(12(18)19)4-5-17(7-14)13(20)16-9-2-3-11-10(6-9)15-8-21-11/h2-3,6,8H,4-5,7H2,1H3,(H,16,20)(H,18,19)/t14-/m0/s1. The van der Waals surface area contributed by atoms with E-state index in [9.17, 15) is 14.7 Å². The molecule has 0 bridgehead atoms. The number of thiazole rings is 1. The van der Waals surface area contributed by atoms with Crippen LogP contribution in [0.4, 0.5) is 10.5 Å². The summed E-state index contributed by atoms with van der Waals surface area (Å²) in [6.07, 6.45) is 0.473. The Morgan fingerprint density at radius 1 is 1.48 bits per heavy atom. The minimum Gasteiger partial charge on any atom is -0.481 e. The molecule has 0 aliphatic carbocycles. The van der Waals surface area contributed by atoms with Gasteiger partial charge in [0.05, 0.1) is 21.1 Å². The SMILES string of the molecule is C[C@]1(C(=O)O)CCN(C(=O)Nc2ccc3scnc3c2)C1. The van der Waals surface area contributed by atoms with Gasteiger partial charge in [-0.2, -0.15) is 0 Å². The molecule has 1 atom stereocenters. The number of aliphatic carboxylic acids is 1. The third kappa shape index (κ3) is 2.56. The van der Waals surface area contributed by atoms with Crippen molar-refractivity contribution < 1.29 is 14.7 Å². The van der Waals surface area contributed by atoms with E-state index in [1.54, 1.807) is 28.7 Å². The largest absolute Gasteiger partial charge is 0.481 e. The Hall–Kier alpha value is -2.15. The molecule has 3 rings (SSSR count). The first-order valence-electron chi connectivity index (χ1n) is 6.60. The Balaban J connectivity index is 1.70. The number of benzene rings is 1. The second-order valence-corrected chi connectivity index (χ2v) is 6.39. The molecule has 2 N–H and O–H groups in total. The van der Waals surface area contributed by atoms with Crippen LogP contribution in [0.1, 0.15) is 13.3 Å². The van der Waals surface area contributed by atoms with E-state index in [2.05, 4.69) is 10.3 Å². The van der Waals surface area contributed by atoms with Crippen LogP contribution in [0.15, 0.2) is 23.7 Å². The van der Waals surface area contributed by atoms with Crippen LogP contribution >= 0.6 is 11.3 Å². The minimum absolute atomic E-state index is 0.229. The van der Waals surface area contributed by atoms with Crippen molar-refractivity contribution in [3.63, 3.8) is 0 Å². The van der Waals surface area contributed by atoms with Gasteiger partial charge in [-0.25, -0.2) is 9.78 Å². The van der Waals surface area contributed by atoms with Gasteiger partial charge in [0, 0.05) is 18.8 Å². The summed E-state index contributed by atoms with van der Waals surface area (Å²) in [5.41, 5.74) is 2.42. The fourth-order valence-corrected chi connectivity index (χ4v) is 3.11. The molecule has 6 nitrogen and oxygen atoms in total. The number of carboxylic acid groups (broad SMARTS) is 1. The third-order valence-electron chi connectivity index (χ3n) is 3.86. The molecular weight excluding hydrogens is 290 g/mol. The maximum atomic E-state index is 12.2. The van der Waals surface area contributed by atoms with E-state index in [1.165, 1.54) is 0 Å². The number of anilines is 1. The van der Waals surface area contributed by atoms with Crippen LogP contribution in [0.2, 0.25) is 0 Å². The molecule has 1 aliphatic heterocycles. The molecule has 7 heteroatoms. The first kappa shape index (κ1) is 13.8. The van der Waals surface area contributed by atoms with Gasteiger partial charge >= 0.3 is 12.0 Å². The van der Waals surface area contributed by atoms with E-state index in [0.717, 1.165) is 10.2 Å². The highest BCUT2D eigenvalue weighted by molar-refractivity contribution is 7.16. The topological polar surface area (TPSA) is 82.5 Å². The zero-order valence-electron chi connectivity index (χ0n) is 11.5. The third-order valence-corrected chi connectivity index (χ3v) is 4.67. The quantitative estimate of drug-likeness (QED) is 0.893. The first-order valence-corrected chi connectivity index (χ1v) is 7.48. The number of nitrogens with one attached hydrogen (secondary N) is 1. The molecule has 1 fully saturated rings. The fourth-order valence-electron chi connectivity index (χ4n) is 2.45. The average molecular weight is 305 g/mol. The van der Waals surface area contributed by atoms with Crippen LogP contribution in [0, 0.1) is 5.41 Å². The summed E-state index contributed by atoms with van der Waals surface area (Å²) < 4.78 is 1.06. The predicted octanol–water partition coefficient (Wildman–Crippen LogP) is 2.62. The van der Waals surface area contributed by atoms with Crippen LogP contribution in [0.3, 0.4) is 0 Å². The number of likely N-dealkylation sites (tertiary alicyclic amines) is 1. The van der Waals surface area contributed by atoms with Crippen LogP contribution in [0.25, 0.3) is 10.2 Å². The minimum atomic E-state index is -0.860. The van der Waals surface area contributed by atoms with E-state index < -0.39 is 11.4 Å². The summed E-state index contributed by atoms with van der Waals surface area (Å²) in [6, 6.07) is 5.28. The summed E-state index contributed by atoms with van der Waals surface area (Å²) in [5, 5.41) is 12.0. The lowest BCUT2D eigenvalue weighted by atomic mass is 9.90. The summed E-state index contributed by atoms with van der Waals surface area (Å²) >= 11 is 1.54. The number of urea groups is 1. The average Bonchev–Trinajstić information content (AvgIpc) is 3.05. The van der Waals surface area contributed by atoms with Crippen molar-refractivity contribution in [2.24, 2.45) is 5.41 Å². The summed E-state index contributed by atoms with van der Waals surface area (Å²) in [7, 11) is 0. The number of hydrogen-bond donors (Lipinski definition) is 2. The lowest BCUT2D eigenvalue weighted by Crippen LogP contribution is -2.37. The van der Waals surface area contributed by atoms with E-state index in [-0.39, 0.29) is 12.6 Å². The lowest BCUT2D eigenvalue weighted by Gasteiger charge is -2.20. The second-order valence-electron chi connectivity index (χ2n) is 5.50. The predicted molar refractivity (Wildman–Crippen MR) is 80.6 cm³/mol. The Morgan fingerprint density at radius 3 is 3.00 bits per heavy atom. The molecule has 0 radical (unpaired) electrons. The lowest BCUT2D eigenvalue weighted by molar-refractivity contribution is -0.146. The number of carboxylic acids is 1. The van der Waals surface area contributed by atoms with Gasteiger partial charge in [0.15, 0.2) is 0 Å². The molecule has 0 spiro atoms. The van der Waals surface area contributed by atoms with E-state index >= 15 is 0 Å². The highest BCUT2D eigenvalue weighted by atomic mass is 32.1. The smallest absolute Gasteiger partial charge is 0.321 e. The van der Waals surface area contributed by atoms with Gasteiger partial charge in [-0.15, -0.1) is 11.3 Å². The van der Waals surface area contributed by atoms with Crippen LogP contribution < -0.4 is 5.32 Å². The number of carbonyl (C=O) groups excluding carboxylic acids is 1. The van der Waals surface area contributed by atoms with Crippen LogP contribution in [-0.4, -0.2) is 40.1 Å². The van der Waals surface area contributed by atoms with E-state index in [1.807, 2.05) is 18.2 Å². The molecule has 21 heavy (non-hydrogen) atoms. The molecule has 0 saturated carbocycles. The van der Waals surface area contributed by atoms with Crippen molar-refractivity contribution in [2.75, 3.05) is 18.4 Å². The molecule has 0 unspecified atom stereocenters. The zero-order valence-corrected chi connectivity index (χ0v) is 12.3. The molecule has 1 aromatic heterocycles. The van der Waals surface area contributed by atoms with E-state index in [4.69, 9.17) is 0 Å². The highest BCUT2D eigenvalue weighted by Gasteiger charge is 2.42. The van der Waals surface area contributed by atoms with Gasteiger partial charge < -0.3 is 15.3 Å². The number of fused-ring (bicyclic) bond motifs is 1. The first-order chi connectivity index (χ1) is 9.98. The summed E-state index contributed by atoms with van der Waals surface area (Å²) in [5.74, 6) is -0.860. The number of nitrogens with zero attached hydrogens (tertiary/aromatic N) is 2. The second kappa shape index (κ2) is 5.00. The van der Waals surface area contributed by atoms with Crippen molar-refractivity contribution >= 4 is 39.2 Å². The van der Waals surface area contributed by atoms with Crippen molar-refractivity contribution in [3.8, 4) is 0 Å². The van der Waals surface area contributed by atoms with Crippen molar-refractivity contribution in [3.05, 3.63) is 23.7 Å². The number of amides is 2. The van der Waals surface area contributed by atoms with Gasteiger partial charge in [0.1, 0.15) is 0 Å². The molecule has 1 saturated heterocycles. The molecule has 2 heterocycles. The normalized spacial score (nSPS) is 21.7.